The minimum Gasteiger partial charge on any atom is -0.497 e. The molecule has 10 nitrogen and oxygen atoms in total. The second-order valence-corrected chi connectivity index (χ2v) is 9.97. The van der Waals surface area contributed by atoms with E-state index in [2.05, 4.69) is 5.32 Å². The fraction of sp³-hybridized carbons (Fsp3) is 0.231. The monoisotopic (exact) mass is 556 g/mol. The van der Waals surface area contributed by atoms with E-state index in [0.717, 1.165) is 15.9 Å². The number of halogens is 1. The molecule has 0 aliphatic carbocycles. The second kappa shape index (κ2) is 10.7. The topological polar surface area (TPSA) is 112 Å². The summed E-state index contributed by atoms with van der Waals surface area (Å²) in [6.07, 6.45) is 0. The Morgan fingerprint density at radius 2 is 1.74 bits per heavy atom. The number of nitrogens with zero attached hydrogens (tertiary/aromatic N) is 3. The van der Waals surface area contributed by atoms with Crippen molar-refractivity contribution >= 4 is 50.7 Å². The van der Waals surface area contributed by atoms with Crippen molar-refractivity contribution in [1.29, 1.82) is 0 Å². The molecule has 4 rings (SSSR count). The number of thiophene rings is 1. The van der Waals surface area contributed by atoms with Crippen LogP contribution in [0.5, 0.6) is 11.5 Å². The molecule has 0 aliphatic heterocycles. The van der Waals surface area contributed by atoms with Crippen LogP contribution in [0, 0.1) is 6.92 Å². The predicted octanol–water partition coefficient (Wildman–Crippen LogP) is 3.53. The first kappa shape index (κ1) is 27.0. The number of aromatic nitrogens is 2. The van der Waals surface area contributed by atoms with Gasteiger partial charge in [-0.15, -0.1) is 11.3 Å². The fourth-order valence-corrected chi connectivity index (χ4v) is 5.39. The SMILES string of the molecule is COc1ccc(NC(=O)Cn2c(=O)n(-c3ccc(Cl)cc3)c(=O)c3c(C)c(C(=O)N(C)C)sc32)c(OC)c1. The molecule has 2 amide bonds. The summed E-state index contributed by atoms with van der Waals surface area (Å²) in [6.45, 7) is 1.23. The molecule has 0 atom stereocenters. The molecule has 0 saturated carbocycles. The van der Waals surface area contributed by atoms with Crippen molar-refractivity contribution in [2.75, 3.05) is 33.6 Å². The zero-order valence-electron chi connectivity index (χ0n) is 21.3. The Balaban J connectivity index is 1.89. The van der Waals surface area contributed by atoms with Crippen molar-refractivity contribution in [3.8, 4) is 17.2 Å². The summed E-state index contributed by atoms with van der Waals surface area (Å²) < 4.78 is 12.7. The number of fused-ring (bicyclic) bond motifs is 1. The van der Waals surface area contributed by atoms with Gasteiger partial charge in [0, 0.05) is 25.2 Å². The molecule has 198 valence electrons. The van der Waals surface area contributed by atoms with Crippen LogP contribution in [0.15, 0.2) is 52.1 Å². The summed E-state index contributed by atoms with van der Waals surface area (Å²) in [4.78, 5) is 55.2. The van der Waals surface area contributed by atoms with Crippen LogP contribution < -0.4 is 26.0 Å². The van der Waals surface area contributed by atoms with E-state index in [9.17, 15) is 19.2 Å². The first-order valence-corrected chi connectivity index (χ1v) is 12.5. The molecule has 2 heterocycles. The molecular weight excluding hydrogens is 532 g/mol. The van der Waals surface area contributed by atoms with Crippen molar-refractivity contribution in [3.63, 3.8) is 0 Å². The quantitative estimate of drug-likeness (QED) is 0.373. The third-order valence-electron chi connectivity index (χ3n) is 5.88. The maximum atomic E-state index is 13.7. The van der Waals surface area contributed by atoms with Gasteiger partial charge in [-0.25, -0.2) is 9.36 Å². The average molecular weight is 557 g/mol. The zero-order valence-corrected chi connectivity index (χ0v) is 22.9. The van der Waals surface area contributed by atoms with Gasteiger partial charge in [-0.3, -0.25) is 19.0 Å². The molecule has 2 aromatic heterocycles. The number of ether oxygens (including phenoxy) is 2. The van der Waals surface area contributed by atoms with Crippen LogP contribution in [0.1, 0.15) is 15.2 Å². The number of methoxy groups -OCH3 is 2. The summed E-state index contributed by atoms with van der Waals surface area (Å²) in [6, 6.07) is 11.1. The maximum Gasteiger partial charge on any atom is 0.337 e. The maximum absolute atomic E-state index is 13.7. The largest absolute Gasteiger partial charge is 0.497 e. The summed E-state index contributed by atoms with van der Waals surface area (Å²) in [7, 11) is 6.17. The fourth-order valence-electron chi connectivity index (χ4n) is 3.95. The van der Waals surface area contributed by atoms with Gasteiger partial charge in [0.2, 0.25) is 5.91 Å². The van der Waals surface area contributed by atoms with E-state index in [4.69, 9.17) is 21.1 Å². The third-order valence-corrected chi connectivity index (χ3v) is 7.44. The molecule has 0 radical (unpaired) electrons. The molecule has 0 spiro atoms. The van der Waals surface area contributed by atoms with Crippen molar-refractivity contribution < 1.29 is 19.1 Å². The van der Waals surface area contributed by atoms with Crippen LogP contribution in [0.4, 0.5) is 5.69 Å². The second-order valence-electron chi connectivity index (χ2n) is 8.54. The Hall–Kier alpha value is -4.09. The minimum absolute atomic E-state index is 0.185. The lowest BCUT2D eigenvalue weighted by molar-refractivity contribution is -0.116. The summed E-state index contributed by atoms with van der Waals surface area (Å²) in [5, 5.41) is 3.36. The van der Waals surface area contributed by atoms with Gasteiger partial charge in [-0.1, -0.05) is 11.6 Å². The average Bonchev–Trinajstić information content (AvgIpc) is 3.24. The molecule has 0 saturated heterocycles. The van der Waals surface area contributed by atoms with Gasteiger partial charge >= 0.3 is 5.69 Å². The van der Waals surface area contributed by atoms with Crippen molar-refractivity contribution in [2.45, 2.75) is 13.5 Å². The Bertz CT molecular complexity index is 1670. The number of hydrogen-bond acceptors (Lipinski definition) is 7. The van der Waals surface area contributed by atoms with Crippen molar-refractivity contribution in [1.82, 2.24) is 14.0 Å². The lowest BCUT2D eigenvalue weighted by atomic mass is 10.2. The summed E-state index contributed by atoms with van der Waals surface area (Å²) in [5.41, 5.74) is -0.232. The van der Waals surface area contributed by atoms with E-state index in [-0.39, 0.29) is 21.8 Å². The van der Waals surface area contributed by atoms with E-state index in [1.165, 1.54) is 35.8 Å². The van der Waals surface area contributed by atoms with Gasteiger partial charge in [0.15, 0.2) is 0 Å². The van der Waals surface area contributed by atoms with Crippen LogP contribution >= 0.6 is 22.9 Å². The normalized spacial score (nSPS) is 10.9. The zero-order chi connectivity index (χ0) is 27.7. The molecular formula is C26H25ClN4O6S. The van der Waals surface area contributed by atoms with Crippen LogP contribution in [-0.4, -0.2) is 54.2 Å². The van der Waals surface area contributed by atoms with E-state index in [1.807, 2.05) is 0 Å². The van der Waals surface area contributed by atoms with Gasteiger partial charge in [0.1, 0.15) is 22.9 Å². The number of carbonyl (C=O) groups is 2. The van der Waals surface area contributed by atoms with Crippen LogP contribution in [-0.2, 0) is 11.3 Å². The Morgan fingerprint density at radius 1 is 1.05 bits per heavy atom. The molecule has 0 bridgehead atoms. The van der Waals surface area contributed by atoms with Gasteiger partial charge in [-0.05, 0) is 48.9 Å². The Morgan fingerprint density at radius 3 is 2.34 bits per heavy atom. The smallest absolute Gasteiger partial charge is 0.337 e. The standard InChI is InChI=1S/C26H25ClN4O6S/c1-14-21-23(33)31(16-8-6-15(27)7-9-16)26(35)30(25(21)38-22(14)24(34)29(2)3)13-20(32)28-18-11-10-17(36-4)12-19(18)37-5/h6-12H,13H2,1-5H3,(H,28,32). The van der Waals surface area contributed by atoms with Crippen molar-refractivity contribution in [2.24, 2.45) is 0 Å². The molecule has 1 N–H and O–H groups in total. The van der Waals surface area contributed by atoms with E-state index < -0.39 is 23.7 Å². The Kier molecular flexibility index (Phi) is 7.61. The van der Waals surface area contributed by atoms with Crippen LogP contribution in [0.25, 0.3) is 15.9 Å². The lowest BCUT2D eigenvalue weighted by Gasteiger charge is -2.14. The van der Waals surface area contributed by atoms with E-state index in [1.54, 1.807) is 51.4 Å². The number of hydrogen-bond donors (Lipinski definition) is 1. The van der Waals surface area contributed by atoms with Gasteiger partial charge in [-0.2, -0.15) is 0 Å². The number of amides is 2. The van der Waals surface area contributed by atoms with E-state index in [0.29, 0.717) is 32.6 Å². The van der Waals surface area contributed by atoms with Crippen LogP contribution in [0.2, 0.25) is 5.02 Å². The lowest BCUT2D eigenvalue weighted by Crippen LogP contribution is -2.40. The molecule has 0 fully saturated rings. The highest BCUT2D eigenvalue weighted by molar-refractivity contribution is 7.20. The molecule has 2 aromatic carbocycles. The summed E-state index contributed by atoms with van der Waals surface area (Å²) in [5.74, 6) is 0.0596. The van der Waals surface area contributed by atoms with Crippen LogP contribution in [0.3, 0.4) is 0 Å². The number of carbonyl (C=O) groups excluding carboxylic acids is 2. The molecule has 12 heteroatoms. The number of aryl methyl sites for hydroxylation is 1. The Labute approximate surface area is 226 Å². The van der Waals surface area contributed by atoms with Gasteiger partial charge in [0.25, 0.3) is 11.5 Å². The number of benzene rings is 2. The van der Waals surface area contributed by atoms with Gasteiger partial charge in [0.05, 0.1) is 35.9 Å². The summed E-state index contributed by atoms with van der Waals surface area (Å²) >= 11 is 7.00. The molecule has 4 aromatic rings. The highest BCUT2D eigenvalue weighted by Crippen LogP contribution is 2.31. The van der Waals surface area contributed by atoms with Gasteiger partial charge < -0.3 is 19.7 Å². The number of nitrogens with one attached hydrogen (secondary N) is 1. The first-order chi connectivity index (χ1) is 18.1. The van der Waals surface area contributed by atoms with E-state index >= 15 is 0 Å². The molecule has 0 unspecified atom stereocenters. The number of rotatable bonds is 7. The highest BCUT2D eigenvalue weighted by Gasteiger charge is 2.25. The molecule has 0 aliphatic rings. The van der Waals surface area contributed by atoms with Crippen molar-refractivity contribution in [3.05, 3.63) is 78.8 Å². The predicted molar refractivity (Wildman–Crippen MR) is 148 cm³/mol. The minimum atomic E-state index is -0.730. The first-order valence-electron chi connectivity index (χ1n) is 11.4. The highest BCUT2D eigenvalue weighted by atomic mass is 35.5. The third kappa shape index (κ3) is 4.90. The number of anilines is 1. The molecule has 38 heavy (non-hydrogen) atoms.